The maximum atomic E-state index is 12.5. The molecule has 0 radical (unpaired) electrons. The van der Waals surface area contributed by atoms with Gasteiger partial charge in [-0.05, 0) is 48.6 Å². The van der Waals surface area contributed by atoms with Gasteiger partial charge >= 0.3 is 0 Å². The highest BCUT2D eigenvalue weighted by Crippen LogP contribution is 2.21. The summed E-state index contributed by atoms with van der Waals surface area (Å²) in [5, 5.41) is 6.12. The van der Waals surface area contributed by atoms with E-state index in [0.29, 0.717) is 11.7 Å². The number of rotatable bonds is 5. The van der Waals surface area contributed by atoms with E-state index in [-0.39, 0.29) is 11.6 Å². The lowest BCUT2D eigenvalue weighted by atomic mass is 10.0. The van der Waals surface area contributed by atoms with E-state index in [4.69, 9.17) is 0 Å². The van der Waals surface area contributed by atoms with Crippen LogP contribution in [0.2, 0.25) is 0 Å². The number of carbonyl (C=O) groups excluding carboxylic acids is 1. The van der Waals surface area contributed by atoms with Gasteiger partial charge in [-0.2, -0.15) is 0 Å². The Morgan fingerprint density at radius 1 is 0.926 bits per heavy atom. The molecule has 3 rings (SSSR count). The van der Waals surface area contributed by atoms with Crippen LogP contribution in [0.25, 0.3) is 0 Å². The number of nitrogens with zero attached hydrogens (tertiary/aromatic N) is 2. The Morgan fingerprint density at radius 2 is 1.59 bits per heavy atom. The first-order valence-electron chi connectivity index (χ1n) is 9.00. The molecule has 0 spiro atoms. The predicted octanol–water partition coefficient (Wildman–Crippen LogP) is 5.21. The van der Waals surface area contributed by atoms with Gasteiger partial charge in [-0.25, -0.2) is 9.97 Å². The lowest BCUT2D eigenvalue weighted by molar-refractivity contribution is 0.102. The fraction of sp³-hybridized carbons (Fsp3) is 0.227. The molecule has 27 heavy (non-hydrogen) atoms. The molecule has 0 fully saturated rings. The van der Waals surface area contributed by atoms with E-state index < -0.39 is 0 Å². The molecule has 2 aromatic carbocycles. The van der Waals surface area contributed by atoms with Gasteiger partial charge in [0.1, 0.15) is 11.5 Å². The van der Waals surface area contributed by atoms with Gasteiger partial charge in [-0.15, -0.1) is 0 Å². The van der Waals surface area contributed by atoms with Gasteiger partial charge in [0.25, 0.3) is 5.91 Å². The van der Waals surface area contributed by atoms with Crippen LogP contribution in [0.5, 0.6) is 0 Å². The van der Waals surface area contributed by atoms with Crippen LogP contribution in [-0.2, 0) is 0 Å². The van der Waals surface area contributed by atoms with Crippen molar-refractivity contribution in [2.45, 2.75) is 33.6 Å². The van der Waals surface area contributed by atoms with Crippen LogP contribution < -0.4 is 10.6 Å². The zero-order valence-corrected chi connectivity index (χ0v) is 16.1. The van der Waals surface area contributed by atoms with Crippen molar-refractivity contribution in [1.29, 1.82) is 0 Å². The predicted molar refractivity (Wildman–Crippen MR) is 110 cm³/mol. The smallest absolute Gasteiger partial charge is 0.275 e. The van der Waals surface area contributed by atoms with Gasteiger partial charge in [0.2, 0.25) is 0 Å². The number of aryl methyl sites for hydroxylation is 2. The lowest BCUT2D eigenvalue weighted by Crippen LogP contribution is -2.15. The van der Waals surface area contributed by atoms with Crippen LogP contribution in [0.3, 0.4) is 0 Å². The Morgan fingerprint density at radius 3 is 2.15 bits per heavy atom. The van der Waals surface area contributed by atoms with E-state index in [1.807, 2.05) is 44.2 Å². The van der Waals surface area contributed by atoms with E-state index in [0.717, 1.165) is 22.5 Å². The van der Waals surface area contributed by atoms with Crippen molar-refractivity contribution in [1.82, 2.24) is 9.97 Å². The van der Waals surface area contributed by atoms with Crippen molar-refractivity contribution in [2.24, 2.45) is 0 Å². The minimum atomic E-state index is -0.271. The van der Waals surface area contributed by atoms with Crippen molar-refractivity contribution in [3.05, 3.63) is 77.2 Å². The Labute approximate surface area is 159 Å². The molecular weight excluding hydrogens is 336 g/mol. The topological polar surface area (TPSA) is 66.9 Å². The van der Waals surface area contributed by atoms with E-state index in [1.54, 1.807) is 6.20 Å². The second-order valence-electron chi connectivity index (χ2n) is 6.91. The molecule has 0 bridgehead atoms. The fourth-order valence-corrected chi connectivity index (χ4v) is 2.80. The van der Waals surface area contributed by atoms with E-state index >= 15 is 0 Å². The molecule has 3 aromatic rings. The molecule has 0 unspecified atom stereocenters. The number of amides is 1. The first-order valence-corrected chi connectivity index (χ1v) is 9.00. The summed E-state index contributed by atoms with van der Waals surface area (Å²) in [6, 6.07) is 14.1. The second-order valence-corrected chi connectivity index (χ2v) is 6.91. The Bertz CT molecular complexity index is 911. The van der Waals surface area contributed by atoms with Crippen LogP contribution in [0.4, 0.5) is 17.2 Å². The molecule has 1 amide bonds. The molecule has 0 aliphatic rings. The Kier molecular flexibility index (Phi) is 5.50. The number of hydrogen-bond acceptors (Lipinski definition) is 4. The largest absolute Gasteiger partial charge is 0.339 e. The highest BCUT2D eigenvalue weighted by Gasteiger charge is 2.11. The number of hydrogen-bond donors (Lipinski definition) is 2. The summed E-state index contributed by atoms with van der Waals surface area (Å²) in [7, 11) is 0. The highest BCUT2D eigenvalue weighted by atomic mass is 16.1. The molecule has 138 valence electrons. The molecule has 1 heterocycles. The first-order chi connectivity index (χ1) is 12.9. The molecule has 0 aliphatic heterocycles. The van der Waals surface area contributed by atoms with Gasteiger partial charge in [0.15, 0.2) is 0 Å². The van der Waals surface area contributed by atoms with Gasteiger partial charge in [-0.3, -0.25) is 4.79 Å². The van der Waals surface area contributed by atoms with Crippen molar-refractivity contribution < 1.29 is 4.79 Å². The minimum absolute atomic E-state index is 0.271. The zero-order valence-electron chi connectivity index (χ0n) is 16.1. The van der Waals surface area contributed by atoms with Crippen molar-refractivity contribution >= 4 is 23.1 Å². The Balaban J connectivity index is 1.68. The molecule has 0 saturated heterocycles. The number of anilines is 3. The third-order valence-electron chi connectivity index (χ3n) is 4.45. The summed E-state index contributed by atoms with van der Waals surface area (Å²) in [6.07, 6.45) is 3.05. The molecule has 1 aromatic heterocycles. The number of nitrogens with one attached hydrogen (secondary N) is 2. The molecule has 5 nitrogen and oxygen atoms in total. The van der Waals surface area contributed by atoms with Crippen molar-refractivity contribution in [3.8, 4) is 0 Å². The molecule has 0 saturated carbocycles. The number of carbonyl (C=O) groups is 1. The third-order valence-corrected chi connectivity index (χ3v) is 4.45. The maximum absolute atomic E-state index is 12.5. The molecule has 2 N–H and O–H groups in total. The average Bonchev–Trinajstić information content (AvgIpc) is 2.66. The quantitative estimate of drug-likeness (QED) is 0.655. The minimum Gasteiger partial charge on any atom is -0.339 e. The molecule has 0 aliphatic carbocycles. The molecular formula is C22H24N4O. The lowest BCUT2D eigenvalue weighted by Gasteiger charge is -2.11. The number of para-hydroxylation sites is 1. The molecule has 0 atom stereocenters. The Hall–Kier alpha value is -3.21. The van der Waals surface area contributed by atoms with Gasteiger partial charge < -0.3 is 10.6 Å². The third kappa shape index (κ3) is 4.50. The summed E-state index contributed by atoms with van der Waals surface area (Å²) in [6.45, 7) is 8.25. The standard InChI is InChI=1S/C22H24N4O/c1-14(2)17-8-10-18(11-9-17)25-20-13-23-19(12-24-20)22(27)26-21-15(3)6-5-7-16(21)4/h5-14H,1-4H3,(H,24,25)(H,26,27). The first kappa shape index (κ1) is 18.6. The van der Waals surface area contributed by atoms with Gasteiger partial charge in [0, 0.05) is 11.4 Å². The fourth-order valence-electron chi connectivity index (χ4n) is 2.80. The van der Waals surface area contributed by atoms with E-state index in [2.05, 4.69) is 46.6 Å². The monoisotopic (exact) mass is 360 g/mol. The summed E-state index contributed by atoms with van der Waals surface area (Å²) in [5.74, 6) is 0.817. The molecule has 5 heteroatoms. The van der Waals surface area contributed by atoms with Crippen LogP contribution in [0.15, 0.2) is 54.9 Å². The van der Waals surface area contributed by atoms with Crippen molar-refractivity contribution in [2.75, 3.05) is 10.6 Å². The van der Waals surface area contributed by atoms with Gasteiger partial charge in [0.05, 0.1) is 12.4 Å². The van der Waals surface area contributed by atoms with E-state index in [1.165, 1.54) is 11.8 Å². The summed E-state index contributed by atoms with van der Waals surface area (Å²) < 4.78 is 0. The normalized spacial score (nSPS) is 10.7. The van der Waals surface area contributed by atoms with Crippen LogP contribution >= 0.6 is 0 Å². The van der Waals surface area contributed by atoms with Gasteiger partial charge in [-0.1, -0.05) is 44.2 Å². The zero-order chi connectivity index (χ0) is 19.4. The van der Waals surface area contributed by atoms with E-state index in [9.17, 15) is 4.79 Å². The highest BCUT2D eigenvalue weighted by molar-refractivity contribution is 6.03. The summed E-state index contributed by atoms with van der Waals surface area (Å²) >= 11 is 0. The van der Waals surface area contributed by atoms with Crippen LogP contribution in [-0.4, -0.2) is 15.9 Å². The number of aromatic nitrogens is 2. The number of benzene rings is 2. The van der Waals surface area contributed by atoms with Crippen LogP contribution in [0.1, 0.15) is 46.9 Å². The van der Waals surface area contributed by atoms with Crippen molar-refractivity contribution in [3.63, 3.8) is 0 Å². The van der Waals surface area contributed by atoms with Crippen LogP contribution in [0, 0.1) is 13.8 Å². The SMILES string of the molecule is Cc1cccc(C)c1NC(=O)c1cnc(Nc2ccc(C(C)C)cc2)cn1. The average molecular weight is 360 g/mol. The second kappa shape index (κ2) is 7.99. The summed E-state index contributed by atoms with van der Waals surface area (Å²) in [5.41, 5.74) is 5.33. The summed E-state index contributed by atoms with van der Waals surface area (Å²) in [4.78, 5) is 21.0. The maximum Gasteiger partial charge on any atom is 0.275 e.